The average Bonchev–Trinajstić information content (AvgIpc) is 3.39. The number of para-hydroxylation sites is 1. The van der Waals surface area contributed by atoms with Crippen LogP contribution in [-0.2, 0) is 52.5 Å². The molecule has 3 N–H and O–H groups in total. The van der Waals surface area contributed by atoms with Crippen LogP contribution in [-0.4, -0.2) is 144 Å². The maximum absolute atomic E-state index is 14.3. The molecule has 1 amide bonds. The summed E-state index contributed by atoms with van der Waals surface area (Å²) in [6.07, 6.45) is 8.20. The zero-order chi connectivity index (χ0) is 56.2. The topological polar surface area (TPSA) is 208 Å². The number of hydrogen-bond donors (Lipinski definition) is 3. The van der Waals surface area contributed by atoms with E-state index < -0.39 is 90.1 Å². The zero-order valence-corrected chi connectivity index (χ0v) is 48.1. The molecule has 0 spiro atoms. The van der Waals surface area contributed by atoms with Crippen molar-refractivity contribution in [2.75, 3.05) is 32.9 Å². The Hall–Kier alpha value is -3.55. The van der Waals surface area contributed by atoms with Crippen LogP contribution in [0.2, 0.25) is 10.0 Å². The van der Waals surface area contributed by atoms with Crippen LogP contribution >= 0.6 is 23.2 Å². The number of methoxy groups -OCH3 is 3. The number of halogens is 2. The molecule has 0 bridgehead atoms. The van der Waals surface area contributed by atoms with Crippen molar-refractivity contribution in [2.45, 2.75) is 206 Å². The molecule has 0 aromatic heterocycles. The lowest BCUT2D eigenvalue weighted by Gasteiger charge is -2.43. The third-order valence-corrected chi connectivity index (χ3v) is 16.8. The fourth-order valence-electron chi connectivity index (χ4n) is 11.6. The third kappa shape index (κ3) is 15.8. The number of ketones is 3. The predicted molar refractivity (Wildman–Crippen MR) is 290 cm³/mol. The summed E-state index contributed by atoms with van der Waals surface area (Å²) in [4.78, 5) is 76.7. The number of aliphatic hydroxyl groups excluding tert-OH is 2. The molecule has 16 nitrogen and oxygen atoms in total. The Kier molecular flexibility index (Phi) is 24.2. The van der Waals surface area contributed by atoms with Gasteiger partial charge in [0, 0.05) is 52.6 Å². The van der Waals surface area contributed by atoms with Crippen molar-refractivity contribution in [2.24, 2.45) is 29.6 Å². The second-order valence-corrected chi connectivity index (χ2v) is 22.9. The van der Waals surface area contributed by atoms with Crippen LogP contribution in [0.3, 0.4) is 0 Å². The molecule has 3 heterocycles. The quantitative estimate of drug-likeness (QED) is 0.0475. The van der Waals surface area contributed by atoms with Crippen LogP contribution in [0.25, 0.3) is 0 Å². The largest absolute Gasteiger partial charge is 0.460 e. The van der Waals surface area contributed by atoms with Crippen molar-refractivity contribution in [1.29, 1.82) is 0 Å². The van der Waals surface area contributed by atoms with Gasteiger partial charge in [-0.1, -0.05) is 82.1 Å². The van der Waals surface area contributed by atoms with Crippen LogP contribution in [0.1, 0.15) is 139 Å². The summed E-state index contributed by atoms with van der Waals surface area (Å²) < 4.78 is 29.4. The third-order valence-electron chi connectivity index (χ3n) is 16.2. The van der Waals surface area contributed by atoms with Crippen molar-refractivity contribution >= 4 is 58.1 Å². The van der Waals surface area contributed by atoms with Gasteiger partial charge in [-0.25, -0.2) is 9.86 Å². The first-order valence-corrected chi connectivity index (χ1v) is 28.1. The highest BCUT2D eigenvalue weighted by Gasteiger charge is 2.53. The highest BCUT2D eigenvalue weighted by molar-refractivity contribution is 6.39. The molecule has 3 fully saturated rings. The molecule has 1 aliphatic carbocycles. The van der Waals surface area contributed by atoms with E-state index in [1.54, 1.807) is 51.3 Å². The summed E-state index contributed by atoms with van der Waals surface area (Å²) in [6, 6.07) is 3.65. The molecule has 0 radical (unpaired) electrons. The number of allylic oxidation sites excluding steroid dienone is 1. The lowest BCUT2D eigenvalue weighted by atomic mass is 9.79. The molecule has 4 aliphatic rings. The van der Waals surface area contributed by atoms with Gasteiger partial charge < -0.3 is 43.9 Å². The van der Waals surface area contributed by atoms with Crippen molar-refractivity contribution in [3.05, 3.63) is 63.7 Å². The van der Waals surface area contributed by atoms with E-state index in [1.165, 1.54) is 18.9 Å². The Morgan fingerprint density at radius 2 is 1.62 bits per heavy atom. The highest BCUT2D eigenvalue weighted by Crippen LogP contribution is 2.41. The van der Waals surface area contributed by atoms with E-state index in [0.717, 1.165) is 12.0 Å². The van der Waals surface area contributed by atoms with Gasteiger partial charge in [0.25, 0.3) is 11.7 Å². The Labute approximate surface area is 460 Å². The molecule has 5 rings (SSSR count). The maximum Gasteiger partial charge on any atom is 0.329 e. The summed E-state index contributed by atoms with van der Waals surface area (Å²) in [5.74, 6) is -7.22. The standard InChI is InChI=1S/C58H86Cl2N2O14/c1-12-16-33(2)52(65)54(73-11)53(66)37(6)27-34(3)45-24-23-42(76-62(45)51-43(59)17-15-18-44(51)60)29-36(5)48(71-9)32-41-22-20-38(7)58(70,75-41)55(67)56(68)61-26-14-13-19-46(61)57(69)74-49(30-39(8)63)35(4)28-40-21-25-47(64)50(31-40)72-10/h15-18,23-24,29,34-35,37-38,40-42,45-50,52,54,64-65,70H,12-14,19-22,25-28,30-32H2,1-11H3/b33-16+,36-29+/t34-,35+,37+,38+,40-,41-,42?,45?,46-,47+,48-,49-,50+,52+,54+,58+/m0/s1. The van der Waals surface area contributed by atoms with Crippen LogP contribution in [0.15, 0.2) is 53.6 Å². The number of esters is 1. The number of likely N-dealkylation sites (tertiary alicyclic amines) is 1. The second-order valence-electron chi connectivity index (χ2n) is 22.1. The number of amides is 1. The Morgan fingerprint density at radius 1 is 0.921 bits per heavy atom. The van der Waals surface area contributed by atoms with Gasteiger partial charge in [-0.3, -0.25) is 24.0 Å². The van der Waals surface area contributed by atoms with Crippen LogP contribution in [0.5, 0.6) is 0 Å². The monoisotopic (exact) mass is 1100 g/mol. The molecule has 16 atom stereocenters. The van der Waals surface area contributed by atoms with E-state index in [4.69, 9.17) is 51.7 Å². The number of nitrogens with zero attached hydrogens (tertiary/aromatic N) is 2. The first-order valence-electron chi connectivity index (χ1n) is 27.4. The SMILES string of the molecule is CC/C=C(\C)[C@@H](O)[C@@H](OC)C(=O)[C@H](C)C[C@H](C)C1C=CC(/C=C(\C)[C@H](C[C@@H]2CC[C@@H](C)[C@](O)(C(=O)C(=O)N3CCCC[C@H]3C(=O)O[C@@H](CC(C)=O)[C@H](C)C[C@@H]3CC[C@@H](O)[C@H](OC)C3)O2)OC)ON1c1c(Cl)cccc1Cl. The lowest BCUT2D eigenvalue weighted by molar-refractivity contribution is -0.265. The van der Waals surface area contributed by atoms with Crippen molar-refractivity contribution in [1.82, 2.24) is 4.90 Å². The van der Waals surface area contributed by atoms with Crippen LogP contribution < -0.4 is 5.06 Å². The molecule has 426 valence electrons. The van der Waals surface area contributed by atoms with Gasteiger partial charge in [-0.15, -0.1) is 0 Å². The lowest BCUT2D eigenvalue weighted by Crippen LogP contribution is -2.61. The molecule has 76 heavy (non-hydrogen) atoms. The Bertz CT molecular complexity index is 2220. The summed E-state index contributed by atoms with van der Waals surface area (Å²) in [7, 11) is 4.55. The van der Waals surface area contributed by atoms with Gasteiger partial charge in [0.1, 0.15) is 41.9 Å². The van der Waals surface area contributed by atoms with Crippen LogP contribution in [0, 0.1) is 29.6 Å². The number of carbonyl (C=O) groups is 5. The number of hydroxylamine groups is 1. The molecule has 2 unspecified atom stereocenters. The first-order chi connectivity index (χ1) is 36.0. The van der Waals surface area contributed by atoms with Crippen molar-refractivity contribution in [3.8, 4) is 0 Å². The highest BCUT2D eigenvalue weighted by atomic mass is 35.5. The summed E-state index contributed by atoms with van der Waals surface area (Å²) in [5.41, 5.74) is 1.87. The van der Waals surface area contributed by atoms with Crippen molar-refractivity contribution < 1.29 is 67.8 Å². The number of rotatable bonds is 25. The average molecular weight is 1110 g/mol. The minimum Gasteiger partial charge on any atom is -0.460 e. The number of anilines is 1. The van der Waals surface area contributed by atoms with Crippen LogP contribution in [0.4, 0.5) is 5.69 Å². The van der Waals surface area contributed by atoms with E-state index in [-0.39, 0.29) is 61.2 Å². The molecular weight excluding hydrogens is 1020 g/mol. The summed E-state index contributed by atoms with van der Waals surface area (Å²) in [5, 5.41) is 35.8. The van der Waals surface area contributed by atoms with E-state index in [2.05, 4.69) is 0 Å². The number of carbonyl (C=O) groups excluding carboxylic acids is 5. The number of piperidine rings is 1. The number of ether oxygens (including phenoxy) is 5. The molecular formula is C58H86Cl2N2O14. The van der Waals surface area contributed by atoms with Gasteiger partial charge in [0.15, 0.2) is 5.78 Å². The van der Waals surface area contributed by atoms with Gasteiger partial charge >= 0.3 is 5.97 Å². The Morgan fingerprint density at radius 3 is 2.25 bits per heavy atom. The maximum atomic E-state index is 14.3. The minimum atomic E-state index is -2.49. The van der Waals surface area contributed by atoms with Gasteiger partial charge in [-0.05, 0) is 139 Å². The molecule has 18 heteroatoms. The zero-order valence-electron chi connectivity index (χ0n) is 46.6. The number of benzene rings is 1. The van der Waals surface area contributed by atoms with E-state index in [0.29, 0.717) is 79.1 Å². The summed E-state index contributed by atoms with van der Waals surface area (Å²) >= 11 is 13.6. The first kappa shape index (κ1) is 63.3. The molecule has 1 aromatic carbocycles. The number of aliphatic hydroxyl groups is 3. The van der Waals surface area contributed by atoms with E-state index in [1.807, 2.05) is 58.9 Å². The summed E-state index contributed by atoms with van der Waals surface area (Å²) in [6.45, 7) is 14.6. The van der Waals surface area contributed by atoms with Crippen molar-refractivity contribution in [3.63, 3.8) is 0 Å². The normalized spacial score (nSPS) is 29.4. The number of Topliss-reactive ketones (excluding diaryl/α,β-unsaturated/α-hetero) is 3. The minimum absolute atomic E-state index is 0.00964. The van der Waals surface area contributed by atoms with Gasteiger partial charge in [0.2, 0.25) is 5.79 Å². The molecule has 2 saturated heterocycles. The van der Waals surface area contributed by atoms with Gasteiger partial charge in [0.05, 0.1) is 40.5 Å². The van der Waals surface area contributed by atoms with E-state index in [9.17, 15) is 39.3 Å². The predicted octanol–water partition coefficient (Wildman–Crippen LogP) is 8.90. The number of hydrogen-bond acceptors (Lipinski definition) is 15. The smallest absolute Gasteiger partial charge is 0.329 e. The molecule has 3 aliphatic heterocycles. The fourth-order valence-corrected chi connectivity index (χ4v) is 12.2. The molecule has 1 saturated carbocycles. The van der Waals surface area contributed by atoms with Gasteiger partial charge in [-0.2, -0.15) is 0 Å². The van der Waals surface area contributed by atoms with E-state index >= 15 is 0 Å². The molecule has 1 aromatic rings. The Balaban J connectivity index is 1.28. The second kappa shape index (κ2) is 29.1. The fraction of sp³-hybridized carbons (Fsp3) is 0.707.